The minimum atomic E-state index is -0.988. The summed E-state index contributed by atoms with van der Waals surface area (Å²) in [6.07, 6.45) is 0. The number of nitrogens with two attached hydrogens (primary N) is 1. The molecule has 0 saturated carbocycles. The molecule has 0 saturated heterocycles. The van der Waals surface area contributed by atoms with Gasteiger partial charge in [0, 0.05) is 5.41 Å². The van der Waals surface area contributed by atoms with Gasteiger partial charge in [-0.3, -0.25) is 4.79 Å². The number of carboxylic acid groups (broad SMARTS) is 1. The van der Waals surface area contributed by atoms with Crippen LogP contribution in [-0.4, -0.2) is 17.1 Å². The van der Waals surface area contributed by atoms with Crippen molar-refractivity contribution < 1.29 is 9.90 Å². The van der Waals surface area contributed by atoms with E-state index in [4.69, 9.17) is 5.73 Å². The predicted octanol–water partition coefficient (Wildman–Crippen LogP) is 3.04. The number of benzene rings is 2. The average molecular weight is 269 g/mol. The van der Waals surface area contributed by atoms with Gasteiger partial charge < -0.3 is 10.8 Å². The van der Waals surface area contributed by atoms with Gasteiger partial charge in [-0.2, -0.15) is 0 Å². The molecule has 1 atom stereocenters. The van der Waals surface area contributed by atoms with E-state index in [1.54, 1.807) is 0 Å². The molecule has 0 heterocycles. The molecule has 0 aliphatic heterocycles. The van der Waals surface area contributed by atoms with Crippen molar-refractivity contribution in [1.29, 1.82) is 0 Å². The molecule has 0 aliphatic rings. The zero-order chi connectivity index (χ0) is 14.8. The SMILES string of the molecule is CC(C)(c1ccccc1-c1ccccc1)C(N)C(=O)O. The van der Waals surface area contributed by atoms with Gasteiger partial charge in [-0.25, -0.2) is 0 Å². The maximum Gasteiger partial charge on any atom is 0.321 e. The standard InChI is InChI=1S/C17H19NO2/c1-17(2,15(18)16(19)20)14-11-7-6-10-13(14)12-8-4-3-5-9-12/h3-11,15H,18H2,1-2H3,(H,19,20). The smallest absolute Gasteiger partial charge is 0.321 e. The molecule has 0 aromatic heterocycles. The highest BCUT2D eigenvalue weighted by atomic mass is 16.4. The molecule has 0 aliphatic carbocycles. The second-order valence-corrected chi connectivity index (χ2v) is 5.45. The number of rotatable bonds is 4. The summed E-state index contributed by atoms with van der Waals surface area (Å²) < 4.78 is 0. The van der Waals surface area contributed by atoms with E-state index >= 15 is 0 Å². The molecule has 0 radical (unpaired) electrons. The Balaban J connectivity index is 2.56. The van der Waals surface area contributed by atoms with Gasteiger partial charge in [0.2, 0.25) is 0 Å². The minimum absolute atomic E-state index is 0.654. The largest absolute Gasteiger partial charge is 0.480 e. The highest BCUT2D eigenvalue weighted by molar-refractivity contribution is 5.78. The van der Waals surface area contributed by atoms with Crippen molar-refractivity contribution in [2.24, 2.45) is 5.73 Å². The zero-order valence-electron chi connectivity index (χ0n) is 11.7. The zero-order valence-corrected chi connectivity index (χ0v) is 11.7. The van der Waals surface area contributed by atoms with Crippen LogP contribution < -0.4 is 5.73 Å². The predicted molar refractivity (Wildman–Crippen MR) is 80.5 cm³/mol. The molecule has 0 spiro atoms. The minimum Gasteiger partial charge on any atom is -0.480 e. The van der Waals surface area contributed by atoms with Gasteiger partial charge >= 0.3 is 5.97 Å². The first-order chi connectivity index (χ1) is 9.44. The molecule has 3 heteroatoms. The summed E-state index contributed by atoms with van der Waals surface area (Å²) in [5.74, 6) is -0.988. The highest BCUT2D eigenvalue weighted by Crippen LogP contribution is 2.34. The number of carbonyl (C=O) groups is 1. The van der Waals surface area contributed by atoms with E-state index in [2.05, 4.69) is 0 Å². The Kier molecular flexibility index (Phi) is 3.91. The van der Waals surface area contributed by atoms with Crippen molar-refractivity contribution in [3.05, 3.63) is 60.2 Å². The van der Waals surface area contributed by atoms with E-state index < -0.39 is 17.4 Å². The van der Waals surface area contributed by atoms with E-state index in [0.29, 0.717) is 0 Å². The molecule has 0 fully saturated rings. The van der Waals surface area contributed by atoms with Crippen LogP contribution >= 0.6 is 0 Å². The molecular weight excluding hydrogens is 250 g/mol. The fraction of sp³-hybridized carbons (Fsp3) is 0.235. The maximum atomic E-state index is 11.2. The lowest BCUT2D eigenvalue weighted by atomic mass is 9.75. The quantitative estimate of drug-likeness (QED) is 0.896. The summed E-state index contributed by atoms with van der Waals surface area (Å²) in [5.41, 5.74) is 8.25. The van der Waals surface area contributed by atoms with Crippen LogP contribution in [0.2, 0.25) is 0 Å². The van der Waals surface area contributed by atoms with E-state index in [1.807, 2.05) is 68.4 Å². The Morgan fingerprint density at radius 1 is 1.05 bits per heavy atom. The first kappa shape index (κ1) is 14.3. The van der Waals surface area contributed by atoms with Gasteiger partial charge in [0.25, 0.3) is 0 Å². The van der Waals surface area contributed by atoms with Crippen LogP contribution in [0.1, 0.15) is 19.4 Å². The number of hydrogen-bond acceptors (Lipinski definition) is 2. The lowest BCUT2D eigenvalue weighted by Crippen LogP contribution is -2.47. The van der Waals surface area contributed by atoms with E-state index in [9.17, 15) is 9.90 Å². The Bertz CT molecular complexity index is 605. The number of aliphatic carboxylic acids is 1. The number of carboxylic acids is 1. The molecule has 3 nitrogen and oxygen atoms in total. The summed E-state index contributed by atoms with van der Waals surface area (Å²) in [6, 6.07) is 16.8. The average Bonchev–Trinajstić information content (AvgIpc) is 2.47. The third-order valence-corrected chi connectivity index (χ3v) is 3.75. The van der Waals surface area contributed by atoms with Gasteiger partial charge in [0.05, 0.1) is 0 Å². The lowest BCUT2D eigenvalue weighted by Gasteiger charge is -2.31. The van der Waals surface area contributed by atoms with Crippen LogP contribution in [0.5, 0.6) is 0 Å². The fourth-order valence-corrected chi connectivity index (χ4v) is 2.39. The van der Waals surface area contributed by atoms with Crippen molar-refractivity contribution >= 4 is 5.97 Å². The van der Waals surface area contributed by atoms with Crippen molar-refractivity contribution in [3.8, 4) is 11.1 Å². The van der Waals surface area contributed by atoms with Gasteiger partial charge in [0.1, 0.15) is 6.04 Å². The molecule has 2 aromatic rings. The summed E-state index contributed by atoms with van der Waals surface area (Å²) in [7, 11) is 0. The first-order valence-corrected chi connectivity index (χ1v) is 6.58. The Morgan fingerprint density at radius 2 is 1.60 bits per heavy atom. The van der Waals surface area contributed by atoms with Gasteiger partial charge in [-0.15, -0.1) is 0 Å². The van der Waals surface area contributed by atoms with Crippen LogP contribution in [0.4, 0.5) is 0 Å². The van der Waals surface area contributed by atoms with Gasteiger partial charge in [-0.1, -0.05) is 68.4 Å². The first-order valence-electron chi connectivity index (χ1n) is 6.58. The Labute approximate surface area is 119 Å². The maximum absolute atomic E-state index is 11.2. The van der Waals surface area contributed by atoms with Crippen molar-refractivity contribution in [3.63, 3.8) is 0 Å². The molecule has 1 unspecified atom stereocenters. The normalized spacial score (nSPS) is 12.9. The highest BCUT2D eigenvalue weighted by Gasteiger charge is 2.35. The second-order valence-electron chi connectivity index (χ2n) is 5.45. The summed E-state index contributed by atoms with van der Waals surface area (Å²) in [6.45, 7) is 3.74. The molecule has 0 bridgehead atoms. The van der Waals surface area contributed by atoms with E-state index in [0.717, 1.165) is 16.7 Å². The molecule has 20 heavy (non-hydrogen) atoms. The van der Waals surface area contributed by atoms with Crippen LogP contribution in [-0.2, 0) is 10.2 Å². The third kappa shape index (κ3) is 2.58. The number of hydrogen-bond donors (Lipinski definition) is 2. The second kappa shape index (κ2) is 5.47. The van der Waals surface area contributed by atoms with Crippen molar-refractivity contribution in [2.45, 2.75) is 25.3 Å². The fourth-order valence-electron chi connectivity index (χ4n) is 2.39. The van der Waals surface area contributed by atoms with Gasteiger partial charge in [-0.05, 0) is 16.7 Å². The van der Waals surface area contributed by atoms with E-state index in [-0.39, 0.29) is 0 Å². The van der Waals surface area contributed by atoms with Crippen molar-refractivity contribution in [1.82, 2.24) is 0 Å². The molecule has 3 N–H and O–H groups in total. The summed E-state index contributed by atoms with van der Waals surface area (Å²) in [5, 5.41) is 9.22. The molecule has 2 aromatic carbocycles. The summed E-state index contributed by atoms with van der Waals surface area (Å²) >= 11 is 0. The topological polar surface area (TPSA) is 63.3 Å². The monoisotopic (exact) mass is 269 g/mol. The van der Waals surface area contributed by atoms with Crippen LogP contribution in [0, 0.1) is 0 Å². The van der Waals surface area contributed by atoms with Crippen LogP contribution in [0.3, 0.4) is 0 Å². The molecule has 2 rings (SSSR count). The van der Waals surface area contributed by atoms with Crippen LogP contribution in [0.15, 0.2) is 54.6 Å². The third-order valence-electron chi connectivity index (χ3n) is 3.75. The van der Waals surface area contributed by atoms with E-state index in [1.165, 1.54) is 0 Å². The summed E-state index contributed by atoms with van der Waals surface area (Å²) in [4.78, 5) is 11.2. The molecular formula is C17H19NO2. The molecule has 0 amide bonds. The van der Waals surface area contributed by atoms with Crippen LogP contribution in [0.25, 0.3) is 11.1 Å². The lowest BCUT2D eigenvalue weighted by molar-refractivity contribution is -0.140. The molecule has 104 valence electrons. The van der Waals surface area contributed by atoms with Crippen molar-refractivity contribution in [2.75, 3.05) is 0 Å². The Hall–Kier alpha value is -2.13. The van der Waals surface area contributed by atoms with Gasteiger partial charge in [0.15, 0.2) is 0 Å². The Morgan fingerprint density at radius 3 is 2.20 bits per heavy atom.